The van der Waals surface area contributed by atoms with Crippen LogP contribution in [0, 0.1) is 0 Å². The minimum atomic E-state index is 0.212. The lowest BCUT2D eigenvalue weighted by molar-refractivity contribution is 0.741. The Morgan fingerprint density at radius 2 is 2.00 bits per heavy atom. The van der Waals surface area contributed by atoms with Gasteiger partial charge < -0.3 is 10.7 Å². The van der Waals surface area contributed by atoms with Crippen LogP contribution in [0.15, 0.2) is 24.4 Å². The second-order valence-electron chi connectivity index (χ2n) is 4.96. The molecule has 2 rings (SSSR count). The molecule has 0 saturated heterocycles. The summed E-state index contributed by atoms with van der Waals surface area (Å²) in [7, 11) is 0. The Balaban J connectivity index is 2.42. The number of rotatable bonds is 3. The van der Waals surface area contributed by atoms with Gasteiger partial charge in [-0.15, -0.1) is 0 Å². The molecular weight excluding hydrogens is 196 g/mol. The zero-order valence-corrected chi connectivity index (χ0v) is 10.2. The SMILES string of the molecule is CC(N)Cc1c[nH]c2cc(C(C)C)ccc12. The fraction of sp³-hybridized carbons (Fsp3) is 0.429. The molecule has 0 bridgehead atoms. The molecule has 1 aromatic carbocycles. The Hall–Kier alpha value is -1.28. The third-order valence-electron chi connectivity index (χ3n) is 3.00. The van der Waals surface area contributed by atoms with Gasteiger partial charge in [-0.2, -0.15) is 0 Å². The minimum Gasteiger partial charge on any atom is -0.361 e. The molecule has 1 unspecified atom stereocenters. The van der Waals surface area contributed by atoms with Crippen molar-refractivity contribution < 1.29 is 0 Å². The molecule has 1 heterocycles. The van der Waals surface area contributed by atoms with Gasteiger partial charge in [-0.1, -0.05) is 26.0 Å². The van der Waals surface area contributed by atoms with E-state index in [1.165, 1.54) is 22.0 Å². The smallest absolute Gasteiger partial charge is 0.0459 e. The molecule has 86 valence electrons. The Labute approximate surface area is 96.9 Å². The van der Waals surface area contributed by atoms with Gasteiger partial charge in [0, 0.05) is 23.1 Å². The molecule has 0 aliphatic rings. The third-order valence-corrected chi connectivity index (χ3v) is 3.00. The van der Waals surface area contributed by atoms with E-state index in [1.807, 2.05) is 6.92 Å². The summed E-state index contributed by atoms with van der Waals surface area (Å²) >= 11 is 0. The summed E-state index contributed by atoms with van der Waals surface area (Å²) in [4.78, 5) is 3.33. The number of hydrogen-bond acceptors (Lipinski definition) is 1. The molecule has 0 radical (unpaired) electrons. The van der Waals surface area contributed by atoms with Crippen LogP contribution in [-0.4, -0.2) is 11.0 Å². The van der Waals surface area contributed by atoms with Crippen LogP contribution in [-0.2, 0) is 6.42 Å². The van der Waals surface area contributed by atoms with Gasteiger partial charge in [-0.3, -0.25) is 0 Å². The van der Waals surface area contributed by atoms with E-state index in [1.54, 1.807) is 0 Å². The fourth-order valence-electron chi connectivity index (χ4n) is 2.08. The van der Waals surface area contributed by atoms with Crippen LogP contribution in [0.1, 0.15) is 37.8 Å². The van der Waals surface area contributed by atoms with Crippen molar-refractivity contribution in [2.24, 2.45) is 5.73 Å². The molecule has 2 aromatic rings. The van der Waals surface area contributed by atoms with E-state index in [0.717, 1.165) is 6.42 Å². The Kier molecular flexibility index (Phi) is 3.01. The number of hydrogen-bond donors (Lipinski definition) is 2. The zero-order valence-electron chi connectivity index (χ0n) is 10.2. The Morgan fingerprint density at radius 1 is 1.25 bits per heavy atom. The molecule has 0 fully saturated rings. The fourth-order valence-corrected chi connectivity index (χ4v) is 2.08. The van der Waals surface area contributed by atoms with E-state index < -0.39 is 0 Å². The van der Waals surface area contributed by atoms with Crippen molar-refractivity contribution in [2.45, 2.75) is 39.2 Å². The lowest BCUT2D eigenvalue weighted by Crippen LogP contribution is -2.17. The van der Waals surface area contributed by atoms with Crippen molar-refractivity contribution in [3.63, 3.8) is 0 Å². The quantitative estimate of drug-likeness (QED) is 0.813. The van der Waals surface area contributed by atoms with Gasteiger partial charge in [0.25, 0.3) is 0 Å². The van der Waals surface area contributed by atoms with Crippen molar-refractivity contribution >= 4 is 10.9 Å². The highest BCUT2D eigenvalue weighted by Gasteiger charge is 2.07. The highest BCUT2D eigenvalue weighted by atomic mass is 14.7. The van der Waals surface area contributed by atoms with Crippen molar-refractivity contribution in [1.29, 1.82) is 0 Å². The maximum atomic E-state index is 5.84. The molecule has 0 amide bonds. The molecule has 0 saturated carbocycles. The summed E-state index contributed by atoms with van der Waals surface area (Å²) in [5.41, 5.74) is 9.76. The molecule has 0 spiro atoms. The first-order valence-corrected chi connectivity index (χ1v) is 5.93. The molecular formula is C14H20N2. The summed E-state index contributed by atoms with van der Waals surface area (Å²) in [6, 6.07) is 6.87. The number of nitrogens with one attached hydrogen (secondary N) is 1. The van der Waals surface area contributed by atoms with E-state index >= 15 is 0 Å². The van der Waals surface area contributed by atoms with Gasteiger partial charge in [0.1, 0.15) is 0 Å². The first kappa shape index (κ1) is 11.2. The van der Waals surface area contributed by atoms with Gasteiger partial charge in [-0.05, 0) is 36.5 Å². The predicted molar refractivity (Wildman–Crippen MR) is 69.7 cm³/mol. The normalized spacial score (nSPS) is 13.6. The maximum absolute atomic E-state index is 5.84. The molecule has 2 nitrogen and oxygen atoms in total. The topological polar surface area (TPSA) is 41.8 Å². The predicted octanol–water partition coefficient (Wildman–Crippen LogP) is 3.18. The standard InChI is InChI=1S/C14H20N2/c1-9(2)11-4-5-13-12(6-10(3)15)8-16-14(13)7-11/h4-5,7-10,16H,6,15H2,1-3H3. The van der Waals surface area contributed by atoms with E-state index in [0.29, 0.717) is 5.92 Å². The summed E-state index contributed by atoms with van der Waals surface area (Å²) < 4.78 is 0. The minimum absolute atomic E-state index is 0.212. The van der Waals surface area contributed by atoms with Crippen LogP contribution in [0.4, 0.5) is 0 Å². The second-order valence-corrected chi connectivity index (χ2v) is 4.96. The summed E-state index contributed by atoms with van der Waals surface area (Å²) in [5.74, 6) is 0.574. The molecule has 0 aliphatic carbocycles. The molecule has 2 heteroatoms. The number of nitrogens with two attached hydrogens (primary N) is 1. The van der Waals surface area contributed by atoms with Crippen LogP contribution in [0.5, 0.6) is 0 Å². The number of aromatic nitrogens is 1. The van der Waals surface area contributed by atoms with Crippen molar-refractivity contribution in [1.82, 2.24) is 4.98 Å². The van der Waals surface area contributed by atoms with Gasteiger partial charge in [-0.25, -0.2) is 0 Å². The molecule has 1 aromatic heterocycles. The van der Waals surface area contributed by atoms with Crippen molar-refractivity contribution in [3.05, 3.63) is 35.5 Å². The van der Waals surface area contributed by atoms with Crippen molar-refractivity contribution in [2.75, 3.05) is 0 Å². The van der Waals surface area contributed by atoms with Gasteiger partial charge in [0.15, 0.2) is 0 Å². The average molecular weight is 216 g/mol. The van der Waals surface area contributed by atoms with Gasteiger partial charge >= 0.3 is 0 Å². The lowest BCUT2D eigenvalue weighted by atomic mass is 10.00. The Bertz CT molecular complexity index is 480. The van der Waals surface area contributed by atoms with Gasteiger partial charge in [0.2, 0.25) is 0 Å². The summed E-state index contributed by atoms with van der Waals surface area (Å²) in [6.07, 6.45) is 3.01. The maximum Gasteiger partial charge on any atom is 0.0459 e. The van der Waals surface area contributed by atoms with Crippen LogP contribution in [0.25, 0.3) is 10.9 Å². The van der Waals surface area contributed by atoms with Gasteiger partial charge in [0.05, 0.1) is 0 Å². The molecule has 16 heavy (non-hydrogen) atoms. The number of aromatic amines is 1. The van der Waals surface area contributed by atoms with Crippen LogP contribution < -0.4 is 5.73 Å². The van der Waals surface area contributed by atoms with Crippen LogP contribution in [0.3, 0.4) is 0 Å². The highest BCUT2D eigenvalue weighted by Crippen LogP contribution is 2.24. The van der Waals surface area contributed by atoms with Crippen molar-refractivity contribution in [3.8, 4) is 0 Å². The number of fused-ring (bicyclic) bond motifs is 1. The first-order chi connectivity index (χ1) is 7.58. The van der Waals surface area contributed by atoms with Crippen LogP contribution >= 0.6 is 0 Å². The second kappa shape index (κ2) is 4.30. The molecule has 3 N–H and O–H groups in total. The molecule has 1 atom stereocenters. The lowest BCUT2D eigenvalue weighted by Gasteiger charge is -2.06. The summed E-state index contributed by atoms with van der Waals surface area (Å²) in [5, 5.41) is 1.31. The largest absolute Gasteiger partial charge is 0.361 e. The molecule has 0 aliphatic heterocycles. The highest BCUT2D eigenvalue weighted by molar-refractivity contribution is 5.84. The first-order valence-electron chi connectivity index (χ1n) is 5.93. The summed E-state index contributed by atoms with van der Waals surface area (Å²) in [6.45, 7) is 6.47. The zero-order chi connectivity index (χ0) is 11.7. The number of H-pyrrole nitrogens is 1. The Morgan fingerprint density at radius 3 is 2.62 bits per heavy atom. The van der Waals surface area contributed by atoms with E-state index in [4.69, 9.17) is 5.73 Å². The third kappa shape index (κ3) is 2.12. The van der Waals surface area contributed by atoms with E-state index in [9.17, 15) is 0 Å². The van der Waals surface area contributed by atoms with Crippen LogP contribution in [0.2, 0.25) is 0 Å². The van der Waals surface area contributed by atoms with E-state index in [2.05, 4.69) is 43.2 Å². The van der Waals surface area contributed by atoms with E-state index in [-0.39, 0.29) is 6.04 Å². The average Bonchev–Trinajstić information content (AvgIpc) is 2.60. The monoisotopic (exact) mass is 216 g/mol. The number of benzene rings is 1.